The van der Waals surface area contributed by atoms with Gasteiger partial charge in [0.25, 0.3) is 5.56 Å². The first-order valence-corrected chi connectivity index (χ1v) is 12.3. The molecule has 8 heteroatoms. The summed E-state index contributed by atoms with van der Waals surface area (Å²) in [6, 6.07) is 14.6. The molecule has 0 bridgehead atoms. The van der Waals surface area contributed by atoms with Gasteiger partial charge in [0.15, 0.2) is 4.80 Å². The van der Waals surface area contributed by atoms with Gasteiger partial charge in [0, 0.05) is 23.8 Å². The molecule has 0 N–H and O–H groups in total. The lowest BCUT2D eigenvalue weighted by atomic mass is 9.96. The Hall–Kier alpha value is -3.16. The average Bonchev–Trinajstić information content (AvgIpc) is 3.14. The van der Waals surface area contributed by atoms with Gasteiger partial charge in [-0.3, -0.25) is 9.36 Å². The predicted octanol–water partition coefficient (Wildman–Crippen LogP) is 3.91. The van der Waals surface area contributed by atoms with E-state index in [1.54, 1.807) is 17.6 Å². The minimum Gasteiger partial charge on any atom is -0.466 e. The number of carbonyl (C=O) groups is 1. The molecule has 176 valence electrons. The maximum Gasteiger partial charge on any atom is 0.338 e. The molecule has 1 aromatic heterocycles. The quantitative estimate of drug-likeness (QED) is 0.486. The number of hydrogen-bond acceptors (Lipinski definition) is 6. The van der Waals surface area contributed by atoms with Gasteiger partial charge in [0.1, 0.15) is 6.04 Å². The molecule has 6 nitrogen and oxygen atoms in total. The molecule has 0 saturated carbocycles. The van der Waals surface area contributed by atoms with Crippen LogP contribution in [0.25, 0.3) is 6.08 Å². The summed E-state index contributed by atoms with van der Waals surface area (Å²) in [7, 11) is 1.32. The third-order valence-electron chi connectivity index (χ3n) is 5.95. The maximum atomic E-state index is 13.6. The fraction of sp³-hybridized carbons (Fsp3) is 0.269. The van der Waals surface area contributed by atoms with Crippen LogP contribution in [0.5, 0.6) is 0 Å². The number of benzene rings is 2. The third kappa shape index (κ3) is 4.33. The number of esters is 1. The molecule has 0 fully saturated rings. The zero-order chi connectivity index (χ0) is 24.4. The lowest BCUT2D eigenvalue weighted by Crippen LogP contribution is -2.39. The van der Waals surface area contributed by atoms with Gasteiger partial charge >= 0.3 is 5.97 Å². The fourth-order valence-corrected chi connectivity index (χ4v) is 5.49. The fourth-order valence-electron chi connectivity index (χ4n) is 4.21. The van der Waals surface area contributed by atoms with Gasteiger partial charge in [-0.15, -0.1) is 0 Å². The minimum atomic E-state index is -0.718. The Morgan fingerprint density at radius 2 is 1.85 bits per heavy atom. The molecule has 34 heavy (non-hydrogen) atoms. The van der Waals surface area contributed by atoms with Gasteiger partial charge in [-0.25, -0.2) is 9.79 Å². The van der Waals surface area contributed by atoms with Crippen molar-refractivity contribution in [1.29, 1.82) is 0 Å². The Morgan fingerprint density at radius 3 is 2.47 bits per heavy atom. The first-order valence-electron chi connectivity index (χ1n) is 11.1. The van der Waals surface area contributed by atoms with E-state index in [9.17, 15) is 9.59 Å². The van der Waals surface area contributed by atoms with Crippen LogP contribution in [0.4, 0.5) is 5.69 Å². The number of anilines is 1. The molecule has 0 spiro atoms. The summed E-state index contributed by atoms with van der Waals surface area (Å²) in [4.78, 5) is 33.7. The SMILES string of the molecule is CCN(CC)c1ccc(/C=c2/sc3n(c2=O)[C@H](c2ccccc2Cl)C(C(=O)OC)=C(C)N=3)cc1. The molecule has 0 amide bonds. The number of methoxy groups -OCH3 is 1. The summed E-state index contributed by atoms with van der Waals surface area (Å²) < 4.78 is 7.11. The number of thiazole rings is 1. The summed E-state index contributed by atoms with van der Waals surface area (Å²) in [5.41, 5.74) is 3.29. The van der Waals surface area contributed by atoms with Crippen LogP contribution in [0, 0.1) is 0 Å². The molecule has 2 aromatic carbocycles. The Bertz CT molecular complexity index is 1430. The smallest absolute Gasteiger partial charge is 0.338 e. The van der Waals surface area contributed by atoms with Gasteiger partial charge in [-0.2, -0.15) is 0 Å². The van der Waals surface area contributed by atoms with E-state index in [2.05, 4.69) is 35.9 Å². The van der Waals surface area contributed by atoms with Crippen LogP contribution < -0.4 is 19.8 Å². The monoisotopic (exact) mass is 495 g/mol. The molecule has 2 heterocycles. The number of rotatable bonds is 6. The Kier molecular flexibility index (Phi) is 7.05. The second kappa shape index (κ2) is 9.99. The van der Waals surface area contributed by atoms with Crippen LogP contribution >= 0.6 is 22.9 Å². The Balaban J connectivity index is 1.88. The molecule has 0 unspecified atom stereocenters. The van der Waals surface area contributed by atoms with Crippen molar-refractivity contribution in [3.8, 4) is 0 Å². The molecule has 1 aliphatic rings. The van der Waals surface area contributed by atoms with Gasteiger partial charge < -0.3 is 9.64 Å². The van der Waals surface area contributed by atoms with Crippen molar-refractivity contribution in [2.24, 2.45) is 4.99 Å². The van der Waals surface area contributed by atoms with Gasteiger partial charge in [0.05, 0.1) is 22.9 Å². The topological polar surface area (TPSA) is 63.9 Å². The predicted molar refractivity (Wildman–Crippen MR) is 137 cm³/mol. The van der Waals surface area contributed by atoms with E-state index < -0.39 is 12.0 Å². The van der Waals surface area contributed by atoms with Crippen LogP contribution in [0.3, 0.4) is 0 Å². The third-order valence-corrected chi connectivity index (χ3v) is 7.27. The van der Waals surface area contributed by atoms with Crippen molar-refractivity contribution in [2.75, 3.05) is 25.1 Å². The van der Waals surface area contributed by atoms with Crippen molar-refractivity contribution in [2.45, 2.75) is 26.8 Å². The summed E-state index contributed by atoms with van der Waals surface area (Å²) >= 11 is 7.80. The van der Waals surface area contributed by atoms with Crippen molar-refractivity contribution in [1.82, 2.24) is 4.57 Å². The van der Waals surface area contributed by atoms with Crippen LogP contribution in [0.2, 0.25) is 5.02 Å². The zero-order valence-corrected chi connectivity index (χ0v) is 21.1. The van der Waals surface area contributed by atoms with E-state index in [-0.39, 0.29) is 5.56 Å². The molecule has 0 aliphatic carbocycles. The molecule has 1 aliphatic heterocycles. The highest BCUT2D eigenvalue weighted by atomic mass is 35.5. The number of hydrogen-bond donors (Lipinski definition) is 0. The van der Waals surface area contributed by atoms with Crippen LogP contribution in [0.15, 0.2) is 69.6 Å². The summed E-state index contributed by atoms with van der Waals surface area (Å²) in [6.45, 7) is 7.85. The summed E-state index contributed by atoms with van der Waals surface area (Å²) in [6.07, 6.45) is 1.86. The van der Waals surface area contributed by atoms with Crippen molar-refractivity contribution >= 4 is 40.7 Å². The van der Waals surface area contributed by atoms with Crippen LogP contribution in [0.1, 0.15) is 37.9 Å². The highest BCUT2D eigenvalue weighted by Gasteiger charge is 2.34. The first-order chi connectivity index (χ1) is 16.4. The first kappa shape index (κ1) is 24.0. The number of ether oxygens (including phenoxy) is 1. The molecule has 1 atom stereocenters. The number of aromatic nitrogens is 1. The molecule has 4 rings (SSSR count). The van der Waals surface area contributed by atoms with E-state index in [0.717, 1.165) is 24.3 Å². The second-order valence-electron chi connectivity index (χ2n) is 7.86. The standard InChI is InChI=1S/C26H26ClN3O3S/c1-5-29(6-2)18-13-11-17(12-14-18)15-21-24(31)30-23(19-9-7-8-10-20(19)27)22(25(32)33-4)16(3)28-26(30)34-21/h7-15,23H,5-6H2,1-4H3/b21-15+/t23-/m1/s1. The van der Waals surface area contributed by atoms with Crippen molar-refractivity contribution in [3.05, 3.63) is 95.6 Å². The normalized spacial score (nSPS) is 15.7. The number of allylic oxidation sites excluding steroid dienone is 1. The molecule has 0 radical (unpaired) electrons. The number of halogens is 1. The number of carbonyl (C=O) groups excluding carboxylic acids is 1. The van der Waals surface area contributed by atoms with Gasteiger partial charge in [-0.05, 0) is 56.2 Å². The van der Waals surface area contributed by atoms with Crippen molar-refractivity contribution in [3.63, 3.8) is 0 Å². The van der Waals surface area contributed by atoms with E-state index in [1.165, 1.54) is 18.4 Å². The Morgan fingerprint density at radius 1 is 1.18 bits per heavy atom. The molecular weight excluding hydrogens is 470 g/mol. The van der Waals surface area contributed by atoms with Gasteiger partial charge in [0.2, 0.25) is 0 Å². The summed E-state index contributed by atoms with van der Waals surface area (Å²) in [5.74, 6) is -0.535. The van der Waals surface area contributed by atoms with E-state index in [4.69, 9.17) is 16.3 Å². The average molecular weight is 496 g/mol. The van der Waals surface area contributed by atoms with E-state index >= 15 is 0 Å². The highest BCUT2D eigenvalue weighted by Crippen LogP contribution is 2.34. The van der Waals surface area contributed by atoms with E-state index in [1.807, 2.05) is 36.4 Å². The Labute approximate surface area is 207 Å². The molecule has 0 saturated heterocycles. The lowest BCUT2D eigenvalue weighted by molar-refractivity contribution is -0.136. The highest BCUT2D eigenvalue weighted by molar-refractivity contribution is 7.07. The minimum absolute atomic E-state index is 0.226. The van der Waals surface area contributed by atoms with Crippen molar-refractivity contribution < 1.29 is 9.53 Å². The largest absolute Gasteiger partial charge is 0.466 e. The maximum absolute atomic E-state index is 13.6. The lowest BCUT2D eigenvalue weighted by Gasteiger charge is -2.25. The van der Waals surface area contributed by atoms with Crippen LogP contribution in [-0.4, -0.2) is 30.7 Å². The second-order valence-corrected chi connectivity index (χ2v) is 9.28. The van der Waals surface area contributed by atoms with Crippen LogP contribution in [-0.2, 0) is 9.53 Å². The van der Waals surface area contributed by atoms with E-state index in [0.29, 0.717) is 31.2 Å². The molecular formula is C26H26ClN3O3S. The van der Waals surface area contributed by atoms with Gasteiger partial charge in [-0.1, -0.05) is 53.3 Å². The number of fused-ring (bicyclic) bond motifs is 1. The zero-order valence-electron chi connectivity index (χ0n) is 19.5. The summed E-state index contributed by atoms with van der Waals surface area (Å²) in [5, 5.41) is 0.463. The number of nitrogens with zero attached hydrogens (tertiary/aromatic N) is 3. The molecule has 3 aromatic rings.